The number of benzene rings is 1. The summed E-state index contributed by atoms with van der Waals surface area (Å²) in [7, 11) is 0. The number of ether oxygens (including phenoxy) is 1. The lowest BCUT2D eigenvalue weighted by Gasteiger charge is -2.36. The van der Waals surface area contributed by atoms with E-state index in [2.05, 4.69) is 5.32 Å². The lowest BCUT2D eigenvalue weighted by molar-refractivity contribution is 0.00986. The van der Waals surface area contributed by atoms with E-state index in [0.29, 0.717) is 18.7 Å². The van der Waals surface area contributed by atoms with Crippen molar-refractivity contribution >= 4 is 12.0 Å². The minimum atomic E-state index is -0.508. The normalized spacial score (nSPS) is 18.4. The molecule has 1 aromatic rings. The molecule has 1 N–H and O–H groups in total. The maximum atomic E-state index is 12.3. The minimum Gasteiger partial charge on any atom is -0.444 e. The van der Waals surface area contributed by atoms with Crippen molar-refractivity contribution in [2.75, 3.05) is 13.1 Å². The summed E-state index contributed by atoms with van der Waals surface area (Å²) >= 11 is 0. The topological polar surface area (TPSA) is 58.6 Å². The number of likely N-dealkylation sites (tertiary alicyclic amines) is 1. The molecule has 0 radical (unpaired) electrons. The number of piperidine rings is 1. The number of nitrogens with zero attached hydrogens (tertiary/aromatic N) is 1. The number of hydrogen-bond donors (Lipinski definition) is 1. The van der Waals surface area contributed by atoms with Crippen LogP contribution in [0, 0.1) is 0 Å². The highest BCUT2D eigenvalue weighted by atomic mass is 16.6. The summed E-state index contributed by atoms with van der Waals surface area (Å²) < 4.78 is 5.47. The van der Waals surface area contributed by atoms with E-state index in [1.54, 1.807) is 17.0 Å². The van der Waals surface area contributed by atoms with Crippen LogP contribution in [0.5, 0.6) is 0 Å². The van der Waals surface area contributed by atoms with E-state index in [-0.39, 0.29) is 18.0 Å². The van der Waals surface area contributed by atoms with E-state index in [1.807, 2.05) is 39.0 Å². The third kappa shape index (κ3) is 5.27. The predicted molar refractivity (Wildman–Crippen MR) is 89.4 cm³/mol. The standard InChI is InChI=1S/C18H26N2O3/c1-18(2,3)23-17(22)20-12-8-7-11-15(20)13-19-16(21)14-9-5-4-6-10-14/h4-6,9-10,15H,7-8,11-13H2,1-3H3,(H,19,21)/t15-/m0/s1. The molecule has 126 valence electrons. The first-order chi connectivity index (χ1) is 10.9. The Morgan fingerprint density at radius 1 is 1.22 bits per heavy atom. The van der Waals surface area contributed by atoms with E-state index < -0.39 is 5.60 Å². The molecule has 2 amide bonds. The fourth-order valence-corrected chi connectivity index (χ4v) is 2.68. The Hall–Kier alpha value is -2.04. The number of amides is 2. The molecule has 1 atom stereocenters. The molecule has 0 unspecified atom stereocenters. The molecule has 0 saturated carbocycles. The number of rotatable bonds is 3. The molecule has 23 heavy (non-hydrogen) atoms. The third-order valence-corrected chi connectivity index (χ3v) is 3.79. The van der Waals surface area contributed by atoms with E-state index in [0.717, 1.165) is 19.3 Å². The average molecular weight is 318 g/mol. The van der Waals surface area contributed by atoms with E-state index >= 15 is 0 Å². The van der Waals surface area contributed by atoms with Gasteiger partial charge in [0, 0.05) is 18.7 Å². The summed E-state index contributed by atoms with van der Waals surface area (Å²) in [4.78, 5) is 26.2. The molecule has 0 bridgehead atoms. The fourth-order valence-electron chi connectivity index (χ4n) is 2.68. The highest BCUT2D eigenvalue weighted by molar-refractivity contribution is 5.94. The fraction of sp³-hybridized carbons (Fsp3) is 0.556. The van der Waals surface area contributed by atoms with E-state index in [9.17, 15) is 9.59 Å². The molecule has 1 heterocycles. The smallest absolute Gasteiger partial charge is 0.410 e. The van der Waals surface area contributed by atoms with E-state index in [1.165, 1.54) is 0 Å². The van der Waals surface area contributed by atoms with Gasteiger partial charge in [0.2, 0.25) is 0 Å². The summed E-state index contributed by atoms with van der Waals surface area (Å²) in [6.07, 6.45) is 2.62. The molecule has 1 aliphatic rings. The lowest BCUT2D eigenvalue weighted by atomic mass is 10.0. The van der Waals surface area contributed by atoms with Crippen LogP contribution < -0.4 is 5.32 Å². The van der Waals surface area contributed by atoms with Crippen molar-refractivity contribution < 1.29 is 14.3 Å². The van der Waals surface area contributed by atoms with Crippen molar-refractivity contribution in [3.8, 4) is 0 Å². The van der Waals surface area contributed by atoms with Crippen molar-refractivity contribution in [1.82, 2.24) is 10.2 Å². The lowest BCUT2D eigenvalue weighted by Crippen LogP contribution is -2.50. The van der Waals surface area contributed by atoms with Gasteiger partial charge in [0.05, 0.1) is 6.04 Å². The monoisotopic (exact) mass is 318 g/mol. The Labute approximate surface area is 138 Å². The van der Waals surface area contributed by atoms with Crippen molar-refractivity contribution in [2.24, 2.45) is 0 Å². The van der Waals surface area contributed by atoms with Crippen LogP contribution in [0.15, 0.2) is 30.3 Å². The molecule has 5 nitrogen and oxygen atoms in total. The molecular weight excluding hydrogens is 292 g/mol. The van der Waals surface area contributed by atoms with Crippen LogP contribution in [0.3, 0.4) is 0 Å². The van der Waals surface area contributed by atoms with Gasteiger partial charge in [0.15, 0.2) is 0 Å². The van der Waals surface area contributed by atoms with Crippen LogP contribution in [0.1, 0.15) is 50.4 Å². The molecule has 1 aromatic carbocycles. The van der Waals surface area contributed by atoms with Crippen molar-refractivity contribution in [1.29, 1.82) is 0 Å². The average Bonchev–Trinajstić information content (AvgIpc) is 2.52. The largest absolute Gasteiger partial charge is 0.444 e. The van der Waals surface area contributed by atoms with Crippen molar-refractivity contribution in [2.45, 2.75) is 51.7 Å². The molecule has 1 aliphatic heterocycles. The Bertz CT molecular complexity index is 537. The third-order valence-electron chi connectivity index (χ3n) is 3.79. The quantitative estimate of drug-likeness (QED) is 0.931. The molecule has 1 saturated heterocycles. The Morgan fingerprint density at radius 3 is 2.57 bits per heavy atom. The van der Waals surface area contributed by atoms with Gasteiger partial charge >= 0.3 is 6.09 Å². The SMILES string of the molecule is CC(C)(C)OC(=O)N1CCCC[C@H]1CNC(=O)c1ccccc1. The summed E-state index contributed by atoms with van der Waals surface area (Å²) in [5, 5.41) is 2.93. The highest BCUT2D eigenvalue weighted by Crippen LogP contribution is 2.20. The maximum Gasteiger partial charge on any atom is 0.410 e. The van der Waals surface area contributed by atoms with Crippen LogP contribution in [-0.2, 0) is 4.74 Å². The van der Waals surface area contributed by atoms with Gasteiger partial charge in [-0.2, -0.15) is 0 Å². The predicted octanol–water partition coefficient (Wildman–Crippen LogP) is 3.21. The van der Waals surface area contributed by atoms with Crippen LogP contribution in [-0.4, -0.2) is 41.6 Å². The zero-order valence-electron chi connectivity index (χ0n) is 14.2. The number of carbonyl (C=O) groups excluding carboxylic acids is 2. The van der Waals surface area contributed by atoms with Crippen LogP contribution in [0.2, 0.25) is 0 Å². The summed E-state index contributed by atoms with van der Waals surface area (Å²) in [5.41, 5.74) is 0.124. The molecule has 0 spiro atoms. The first kappa shape index (κ1) is 17.3. The molecule has 0 aromatic heterocycles. The molecule has 1 fully saturated rings. The van der Waals surface area contributed by atoms with Crippen LogP contribution in [0.25, 0.3) is 0 Å². The van der Waals surface area contributed by atoms with Gasteiger partial charge in [-0.05, 0) is 52.2 Å². The van der Waals surface area contributed by atoms with Gasteiger partial charge in [-0.25, -0.2) is 4.79 Å². The van der Waals surface area contributed by atoms with E-state index in [4.69, 9.17) is 4.74 Å². The molecule has 5 heteroatoms. The highest BCUT2D eigenvalue weighted by Gasteiger charge is 2.30. The zero-order chi connectivity index (χ0) is 16.9. The summed E-state index contributed by atoms with van der Waals surface area (Å²) in [6, 6.07) is 9.10. The first-order valence-electron chi connectivity index (χ1n) is 8.20. The van der Waals surface area contributed by atoms with Gasteiger partial charge < -0.3 is 15.0 Å². The Balaban J connectivity index is 1.93. The molecular formula is C18H26N2O3. The second-order valence-corrected chi connectivity index (χ2v) is 6.90. The summed E-state index contributed by atoms with van der Waals surface area (Å²) in [5.74, 6) is -0.111. The molecule has 0 aliphatic carbocycles. The summed E-state index contributed by atoms with van der Waals surface area (Å²) in [6.45, 7) is 6.72. The second kappa shape index (κ2) is 7.49. The van der Waals surface area contributed by atoms with Gasteiger partial charge in [0.25, 0.3) is 5.91 Å². The molecule has 2 rings (SSSR count). The number of hydrogen-bond acceptors (Lipinski definition) is 3. The van der Waals surface area contributed by atoms with Crippen LogP contribution >= 0.6 is 0 Å². The number of carbonyl (C=O) groups is 2. The Morgan fingerprint density at radius 2 is 1.91 bits per heavy atom. The minimum absolute atomic E-state index is 0.00809. The van der Waals surface area contributed by atoms with Crippen molar-refractivity contribution in [3.63, 3.8) is 0 Å². The van der Waals surface area contributed by atoms with Crippen molar-refractivity contribution in [3.05, 3.63) is 35.9 Å². The maximum absolute atomic E-state index is 12.3. The Kier molecular flexibility index (Phi) is 5.64. The van der Waals surface area contributed by atoms with Gasteiger partial charge in [-0.3, -0.25) is 4.79 Å². The first-order valence-corrected chi connectivity index (χ1v) is 8.20. The number of nitrogens with one attached hydrogen (secondary N) is 1. The second-order valence-electron chi connectivity index (χ2n) is 6.90. The zero-order valence-corrected chi connectivity index (χ0v) is 14.2. The van der Waals surface area contributed by atoms with Crippen LogP contribution in [0.4, 0.5) is 4.79 Å². The van der Waals surface area contributed by atoms with Gasteiger partial charge in [-0.1, -0.05) is 18.2 Å². The van der Waals surface area contributed by atoms with Gasteiger partial charge in [-0.15, -0.1) is 0 Å². The van der Waals surface area contributed by atoms with Gasteiger partial charge in [0.1, 0.15) is 5.60 Å².